The summed E-state index contributed by atoms with van der Waals surface area (Å²) in [5.41, 5.74) is 1.77. The molecule has 124 valence electrons. The zero-order valence-electron chi connectivity index (χ0n) is 13.9. The summed E-state index contributed by atoms with van der Waals surface area (Å²) in [6.45, 7) is 2.95. The Bertz CT molecular complexity index is 702. The molecule has 5 nitrogen and oxygen atoms in total. The molecule has 24 heavy (non-hydrogen) atoms. The van der Waals surface area contributed by atoms with E-state index in [4.69, 9.17) is 10.00 Å². The van der Waals surface area contributed by atoms with Crippen LogP contribution in [0.5, 0.6) is 5.75 Å². The summed E-state index contributed by atoms with van der Waals surface area (Å²) in [6, 6.07) is 14.2. The Balaban J connectivity index is 1.78. The number of nitriles is 1. The smallest absolute Gasteiger partial charge is 0.126 e. The summed E-state index contributed by atoms with van der Waals surface area (Å²) in [5, 5.41) is 12.3. The van der Waals surface area contributed by atoms with Crippen molar-refractivity contribution in [3.63, 3.8) is 0 Å². The molecule has 1 aromatic heterocycles. The lowest BCUT2D eigenvalue weighted by molar-refractivity contribution is 0.249. The SMILES string of the molecule is COc1ccccc1C(CNc1ccc(C#N)cn1)N1CCCC1. The van der Waals surface area contributed by atoms with Gasteiger partial charge in [0.15, 0.2) is 0 Å². The first-order chi connectivity index (χ1) is 11.8. The van der Waals surface area contributed by atoms with Crippen LogP contribution in [0.3, 0.4) is 0 Å². The Hall–Kier alpha value is -2.58. The number of methoxy groups -OCH3 is 1. The first-order valence-electron chi connectivity index (χ1n) is 8.29. The summed E-state index contributed by atoms with van der Waals surface area (Å²) in [5.74, 6) is 1.71. The maximum Gasteiger partial charge on any atom is 0.126 e. The number of benzene rings is 1. The van der Waals surface area contributed by atoms with E-state index < -0.39 is 0 Å². The minimum absolute atomic E-state index is 0.237. The van der Waals surface area contributed by atoms with Gasteiger partial charge < -0.3 is 10.1 Å². The van der Waals surface area contributed by atoms with Crippen LogP contribution in [0.4, 0.5) is 5.82 Å². The molecule has 3 rings (SSSR count). The molecule has 1 aliphatic rings. The van der Waals surface area contributed by atoms with Crippen molar-refractivity contribution in [1.82, 2.24) is 9.88 Å². The fourth-order valence-electron chi connectivity index (χ4n) is 3.20. The standard InChI is InChI=1S/C19H22N4O/c1-24-18-7-3-2-6-16(18)17(23-10-4-5-11-23)14-22-19-9-8-15(12-20)13-21-19/h2-3,6-9,13,17H,4-5,10-11,14H2,1H3,(H,21,22). The Kier molecular flexibility index (Phi) is 5.29. The summed E-state index contributed by atoms with van der Waals surface area (Å²) < 4.78 is 5.56. The van der Waals surface area contributed by atoms with Crippen LogP contribution in [-0.2, 0) is 0 Å². The third kappa shape index (κ3) is 3.66. The van der Waals surface area contributed by atoms with E-state index in [9.17, 15) is 0 Å². The molecule has 5 heteroatoms. The Morgan fingerprint density at radius 1 is 1.25 bits per heavy atom. The molecule has 0 radical (unpaired) electrons. The second-order valence-corrected chi connectivity index (χ2v) is 5.93. The Morgan fingerprint density at radius 3 is 2.71 bits per heavy atom. The molecule has 1 saturated heterocycles. The van der Waals surface area contributed by atoms with Crippen molar-refractivity contribution >= 4 is 5.82 Å². The van der Waals surface area contributed by atoms with Gasteiger partial charge in [-0.25, -0.2) is 4.98 Å². The molecule has 2 aromatic rings. The van der Waals surface area contributed by atoms with Crippen molar-refractivity contribution in [1.29, 1.82) is 5.26 Å². The maximum atomic E-state index is 8.87. The largest absolute Gasteiger partial charge is 0.496 e. The first-order valence-corrected chi connectivity index (χ1v) is 8.29. The number of pyridine rings is 1. The molecule has 2 heterocycles. The van der Waals surface area contributed by atoms with Gasteiger partial charge in [-0.15, -0.1) is 0 Å². The van der Waals surface area contributed by atoms with Crippen LogP contribution in [0, 0.1) is 11.3 Å². The van der Waals surface area contributed by atoms with Crippen molar-refractivity contribution < 1.29 is 4.74 Å². The van der Waals surface area contributed by atoms with Gasteiger partial charge in [-0.3, -0.25) is 4.90 Å². The summed E-state index contributed by atoms with van der Waals surface area (Å²) in [7, 11) is 1.72. The van der Waals surface area contributed by atoms with Crippen molar-refractivity contribution in [2.45, 2.75) is 18.9 Å². The second kappa shape index (κ2) is 7.80. The molecule has 0 aliphatic carbocycles. The Morgan fingerprint density at radius 2 is 2.04 bits per heavy atom. The highest BCUT2D eigenvalue weighted by Gasteiger charge is 2.25. The number of hydrogen-bond acceptors (Lipinski definition) is 5. The molecule has 1 unspecified atom stereocenters. The third-order valence-corrected chi connectivity index (χ3v) is 4.45. The van der Waals surface area contributed by atoms with E-state index in [-0.39, 0.29) is 6.04 Å². The van der Waals surface area contributed by atoms with Gasteiger partial charge in [0.25, 0.3) is 0 Å². The predicted molar refractivity (Wildman–Crippen MR) is 94.0 cm³/mol. The van der Waals surface area contributed by atoms with Crippen LogP contribution in [-0.4, -0.2) is 36.6 Å². The number of nitrogens with one attached hydrogen (secondary N) is 1. The number of rotatable bonds is 6. The monoisotopic (exact) mass is 322 g/mol. The van der Waals surface area contributed by atoms with Crippen molar-refractivity contribution in [2.75, 3.05) is 32.1 Å². The van der Waals surface area contributed by atoms with E-state index in [2.05, 4.69) is 33.4 Å². The molecular weight excluding hydrogens is 300 g/mol. The van der Waals surface area contributed by atoms with Crippen LogP contribution in [0.1, 0.15) is 30.0 Å². The fraction of sp³-hybridized carbons (Fsp3) is 0.368. The Labute approximate surface area is 142 Å². The van der Waals surface area contributed by atoms with Crippen molar-refractivity contribution in [3.8, 4) is 11.8 Å². The number of hydrogen-bond donors (Lipinski definition) is 1. The lowest BCUT2D eigenvalue weighted by Crippen LogP contribution is -2.31. The molecule has 1 N–H and O–H groups in total. The topological polar surface area (TPSA) is 61.2 Å². The summed E-state index contributed by atoms with van der Waals surface area (Å²) >= 11 is 0. The lowest BCUT2D eigenvalue weighted by Gasteiger charge is -2.29. The summed E-state index contributed by atoms with van der Waals surface area (Å²) in [6.07, 6.45) is 4.07. The number of nitrogens with zero attached hydrogens (tertiary/aromatic N) is 3. The van der Waals surface area contributed by atoms with E-state index in [0.717, 1.165) is 31.2 Å². The normalized spacial score (nSPS) is 15.7. The van der Waals surface area contributed by atoms with Crippen molar-refractivity contribution in [2.24, 2.45) is 0 Å². The van der Waals surface area contributed by atoms with E-state index in [1.807, 2.05) is 18.2 Å². The average Bonchev–Trinajstić information content (AvgIpc) is 3.17. The van der Waals surface area contributed by atoms with Crippen LogP contribution in [0.25, 0.3) is 0 Å². The number of para-hydroxylation sites is 1. The zero-order valence-corrected chi connectivity index (χ0v) is 13.9. The van der Waals surface area contributed by atoms with Crippen LogP contribution in [0.2, 0.25) is 0 Å². The average molecular weight is 322 g/mol. The highest BCUT2D eigenvalue weighted by Crippen LogP contribution is 2.31. The second-order valence-electron chi connectivity index (χ2n) is 5.93. The quantitative estimate of drug-likeness (QED) is 0.885. The minimum atomic E-state index is 0.237. The first kappa shape index (κ1) is 16.3. The molecule has 1 aromatic carbocycles. The van der Waals surface area contributed by atoms with E-state index in [0.29, 0.717) is 5.56 Å². The predicted octanol–water partition coefficient (Wildman–Crippen LogP) is 3.21. The van der Waals surface area contributed by atoms with Gasteiger partial charge in [-0.1, -0.05) is 18.2 Å². The van der Waals surface area contributed by atoms with Gasteiger partial charge in [0.2, 0.25) is 0 Å². The zero-order chi connectivity index (χ0) is 16.8. The van der Waals surface area contributed by atoms with Gasteiger partial charge in [-0.05, 0) is 44.1 Å². The van der Waals surface area contributed by atoms with Gasteiger partial charge in [0, 0.05) is 18.3 Å². The van der Waals surface area contributed by atoms with E-state index >= 15 is 0 Å². The number of likely N-dealkylation sites (tertiary alicyclic amines) is 1. The third-order valence-electron chi connectivity index (χ3n) is 4.45. The molecule has 1 aliphatic heterocycles. The van der Waals surface area contributed by atoms with Crippen LogP contribution in [0.15, 0.2) is 42.6 Å². The number of ether oxygens (including phenoxy) is 1. The molecule has 1 atom stereocenters. The van der Waals surface area contributed by atoms with Crippen molar-refractivity contribution in [3.05, 3.63) is 53.7 Å². The lowest BCUT2D eigenvalue weighted by atomic mass is 10.0. The molecule has 1 fully saturated rings. The number of aromatic nitrogens is 1. The van der Waals surface area contributed by atoms with E-state index in [1.54, 1.807) is 19.4 Å². The minimum Gasteiger partial charge on any atom is -0.496 e. The molecular formula is C19H22N4O. The van der Waals surface area contributed by atoms with Crippen LogP contribution >= 0.6 is 0 Å². The fourth-order valence-corrected chi connectivity index (χ4v) is 3.20. The van der Waals surface area contributed by atoms with Crippen LogP contribution < -0.4 is 10.1 Å². The highest BCUT2D eigenvalue weighted by atomic mass is 16.5. The van der Waals surface area contributed by atoms with Gasteiger partial charge in [0.1, 0.15) is 17.6 Å². The van der Waals surface area contributed by atoms with Gasteiger partial charge >= 0.3 is 0 Å². The van der Waals surface area contributed by atoms with E-state index in [1.165, 1.54) is 18.4 Å². The molecule has 0 saturated carbocycles. The molecule has 0 bridgehead atoms. The maximum absolute atomic E-state index is 8.87. The summed E-state index contributed by atoms with van der Waals surface area (Å²) in [4.78, 5) is 6.80. The van der Waals surface area contributed by atoms with Gasteiger partial charge in [0.05, 0.1) is 18.7 Å². The number of anilines is 1. The molecule has 0 spiro atoms. The van der Waals surface area contributed by atoms with Gasteiger partial charge in [-0.2, -0.15) is 5.26 Å². The highest BCUT2D eigenvalue weighted by molar-refractivity contribution is 5.41. The molecule has 0 amide bonds.